The van der Waals surface area contributed by atoms with Gasteiger partial charge in [0.1, 0.15) is 22.3 Å². The number of aromatic nitrogens is 4. The van der Waals surface area contributed by atoms with Gasteiger partial charge in [-0.1, -0.05) is 103 Å². The fourth-order valence-electron chi connectivity index (χ4n) is 7.45. The van der Waals surface area contributed by atoms with Crippen molar-refractivity contribution in [1.29, 1.82) is 0 Å². The summed E-state index contributed by atoms with van der Waals surface area (Å²) in [6.07, 6.45) is 0. The number of nitrogens with zero attached hydrogens (tertiary/aromatic N) is 4. The van der Waals surface area contributed by atoms with E-state index >= 15 is 0 Å². The van der Waals surface area contributed by atoms with Crippen LogP contribution in [0.1, 0.15) is 0 Å². The molecule has 0 aliphatic rings. The number of hydrogen-bond donors (Lipinski definition) is 0. The first-order chi connectivity index (χ1) is 25.2. The first-order valence-corrected chi connectivity index (χ1v) is 16.9. The quantitative estimate of drug-likeness (QED) is 0.189. The molecule has 11 aromatic rings. The van der Waals surface area contributed by atoms with Crippen LogP contribution in [0.15, 0.2) is 167 Å². The number of fused-ring (bicyclic) bond motifs is 9. The van der Waals surface area contributed by atoms with Crippen LogP contribution in [0, 0.1) is 0 Å². The molecule has 51 heavy (non-hydrogen) atoms. The molecule has 0 spiro atoms. The van der Waals surface area contributed by atoms with E-state index in [2.05, 4.69) is 83.4 Å². The summed E-state index contributed by atoms with van der Waals surface area (Å²) in [7, 11) is 0. The maximum atomic E-state index is 6.62. The zero-order valence-corrected chi connectivity index (χ0v) is 27.1. The molecule has 0 N–H and O–H groups in total. The van der Waals surface area contributed by atoms with E-state index in [9.17, 15) is 0 Å². The van der Waals surface area contributed by atoms with Crippen LogP contribution in [0.4, 0.5) is 0 Å². The van der Waals surface area contributed by atoms with Crippen LogP contribution < -0.4 is 0 Å². The van der Waals surface area contributed by atoms with Gasteiger partial charge in [0.15, 0.2) is 17.5 Å². The van der Waals surface area contributed by atoms with E-state index in [0.29, 0.717) is 17.5 Å². The molecule has 0 amide bonds. The van der Waals surface area contributed by atoms with Crippen molar-refractivity contribution in [2.45, 2.75) is 0 Å². The number of para-hydroxylation sites is 2. The third-order valence-electron chi connectivity index (χ3n) is 9.84. The normalized spacial score (nSPS) is 11.9. The van der Waals surface area contributed by atoms with Crippen molar-refractivity contribution in [3.05, 3.63) is 158 Å². The standard InChI is InChI=1S/C45H26N4O2/c1-3-11-27(12-4-1)43-46-44(28-13-5-2-6-14-28)48-45(47-43)29-19-21-33-34-22-20-30(24-41(34)51-40(33)23-29)49-37-17-9-7-15-31(37)35-26-42-36(25-38(35)49)32-16-8-10-18-39(32)50-42/h1-26H. The molecule has 0 aliphatic heterocycles. The summed E-state index contributed by atoms with van der Waals surface area (Å²) in [6.45, 7) is 0. The number of furan rings is 2. The summed E-state index contributed by atoms with van der Waals surface area (Å²) >= 11 is 0. The minimum Gasteiger partial charge on any atom is -0.456 e. The second kappa shape index (κ2) is 10.7. The first-order valence-electron chi connectivity index (χ1n) is 16.9. The van der Waals surface area contributed by atoms with Gasteiger partial charge in [-0.25, -0.2) is 15.0 Å². The molecule has 4 heterocycles. The van der Waals surface area contributed by atoms with Gasteiger partial charge < -0.3 is 13.4 Å². The van der Waals surface area contributed by atoms with Crippen LogP contribution in [0.5, 0.6) is 0 Å². The Morgan fingerprint density at radius 3 is 1.63 bits per heavy atom. The van der Waals surface area contributed by atoms with Crippen molar-refractivity contribution in [3.63, 3.8) is 0 Å². The Kier molecular flexibility index (Phi) is 5.86. The van der Waals surface area contributed by atoms with E-state index in [0.717, 1.165) is 82.7 Å². The lowest BCUT2D eigenvalue weighted by Crippen LogP contribution is -2.00. The summed E-state index contributed by atoms with van der Waals surface area (Å²) in [5.74, 6) is 1.84. The SMILES string of the molecule is c1ccc(-c2nc(-c3ccccc3)nc(-c3ccc4c(c3)oc3cc(-n5c6ccccc6c6cc7oc8ccccc8c7cc65)ccc34)n2)cc1. The number of benzene rings is 7. The van der Waals surface area contributed by atoms with Crippen LogP contribution in [-0.2, 0) is 0 Å². The minimum atomic E-state index is 0.592. The molecular formula is C45H26N4O2. The maximum absolute atomic E-state index is 6.62. The Labute approximate surface area is 290 Å². The lowest BCUT2D eigenvalue weighted by Gasteiger charge is -2.08. The molecule has 7 aromatic carbocycles. The molecule has 0 radical (unpaired) electrons. The topological polar surface area (TPSA) is 69.9 Å². The Bertz CT molecular complexity index is 3080. The van der Waals surface area contributed by atoms with Crippen molar-refractivity contribution >= 4 is 65.7 Å². The Balaban J connectivity index is 1.07. The first kappa shape index (κ1) is 27.9. The van der Waals surface area contributed by atoms with Crippen LogP contribution >= 0.6 is 0 Å². The molecule has 11 rings (SSSR count). The zero-order valence-electron chi connectivity index (χ0n) is 27.1. The highest BCUT2D eigenvalue weighted by Gasteiger charge is 2.18. The third kappa shape index (κ3) is 4.33. The maximum Gasteiger partial charge on any atom is 0.164 e. The van der Waals surface area contributed by atoms with Gasteiger partial charge in [0, 0.05) is 60.8 Å². The zero-order chi connectivity index (χ0) is 33.5. The highest BCUT2D eigenvalue weighted by atomic mass is 16.3. The van der Waals surface area contributed by atoms with Crippen molar-refractivity contribution < 1.29 is 8.83 Å². The van der Waals surface area contributed by atoms with Gasteiger partial charge in [0.05, 0.1) is 11.0 Å². The summed E-state index contributed by atoms with van der Waals surface area (Å²) in [4.78, 5) is 14.7. The number of rotatable bonds is 4. The van der Waals surface area contributed by atoms with Gasteiger partial charge in [-0.3, -0.25) is 0 Å². The summed E-state index contributed by atoms with van der Waals surface area (Å²) < 4.78 is 15.2. The predicted octanol–water partition coefficient (Wildman–Crippen LogP) is 11.8. The van der Waals surface area contributed by atoms with Crippen molar-refractivity contribution in [1.82, 2.24) is 19.5 Å². The largest absolute Gasteiger partial charge is 0.456 e. The minimum absolute atomic E-state index is 0.592. The molecular weight excluding hydrogens is 629 g/mol. The molecule has 6 heteroatoms. The summed E-state index contributed by atoms with van der Waals surface area (Å²) in [6, 6.07) is 53.9. The highest BCUT2D eigenvalue weighted by molar-refractivity contribution is 6.17. The van der Waals surface area contributed by atoms with E-state index in [1.165, 1.54) is 5.39 Å². The lowest BCUT2D eigenvalue weighted by molar-refractivity contribution is 0.668. The summed E-state index contributed by atoms with van der Waals surface area (Å²) in [5, 5.41) is 6.62. The average Bonchev–Trinajstić information content (AvgIpc) is 3.85. The molecule has 0 saturated carbocycles. The molecule has 238 valence electrons. The van der Waals surface area contributed by atoms with E-state index in [1.54, 1.807) is 0 Å². The fourth-order valence-corrected chi connectivity index (χ4v) is 7.45. The molecule has 6 nitrogen and oxygen atoms in total. The average molecular weight is 655 g/mol. The molecule has 0 fully saturated rings. The smallest absolute Gasteiger partial charge is 0.164 e. The van der Waals surface area contributed by atoms with Gasteiger partial charge in [-0.15, -0.1) is 0 Å². The van der Waals surface area contributed by atoms with E-state index in [-0.39, 0.29) is 0 Å². The van der Waals surface area contributed by atoms with E-state index < -0.39 is 0 Å². The molecule has 0 aliphatic carbocycles. The van der Waals surface area contributed by atoms with Crippen molar-refractivity contribution in [2.75, 3.05) is 0 Å². The molecule has 0 saturated heterocycles. The fraction of sp³-hybridized carbons (Fsp3) is 0. The van der Waals surface area contributed by atoms with Gasteiger partial charge in [-0.05, 0) is 48.5 Å². The molecule has 0 atom stereocenters. The molecule has 0 bridgehead atoms. The lowest BCUT2D eigenvalue weighted by atomic mass is 10.1. The van der Waals surface area contributed by atoms with Gasteiger partial charge in [-0.2, -0.15) is 0 Å². The van der Waals surface area contributed by atoms with E-state index in [4.69, 9.17) is 23.8 Å². The predicted molar refractivity (Wildman–Crippen MR) is 205 cm³/mol. The van der Waals surface area contributed by atoms with Gasteiger partial charge in [0.2, 0.25) is 0 Å². The van der Waals surface area contributed by atoms with Crippen LogP contribution in [0.2, 0.25) is 0 Å². The van der Waals surface area contributed by atoms with Crippen LogP contribution in [0.3, 0.4) is 0 Å². The van der Waals surface area contributed by atoms with Crippen LogP contribution in [0.25, 0.3) is 106 Å². The van der Waals surface area contributed by atoms with Gasteiger partial charge >= 0.3 is 0 Å². The highest BCUT2D eigenvalue weighted by Crippen LogP contribution is 2.40. The monoisotopic (exact) mass is 654 g/mol. The Morgan fingerprint density at radius 2 is 0.882 bits per heavy atom. The van der Waals surface area contributed by atoms with E-state index in [1.807, 2.05) is 78.9 Å². The van der Waals surface area contributed by atoms with Crippen molar-refractivity contribution in [3.8, 4) is 39.9 Å². The summed E-state index contributed by atoms with van der Waals surface area (Å²) in [5.41, 5.74) is 9.36. The van der Waals surface area contributed by atoms with Gasteiger partial charge in [0.25, 0.3) is 0 Å². The molecule has 0 unspecified atom stereocenters. The third-order valence-corrected chi connectivity index (χ3v) is 9.84. The van der Waals surface area contributed by atoms with Crippen molar-refractivity contribution in [2.24, 2.45) is 0 Å². The Morgan fingerprint density at radius 1 is 0.333 bits per heavy atom. The second-order valence-electron chi connectivity index (χ2n) is 12.8. The second-order valence-corrected chi connectivity index (χ2v) is 12.8. The van der Waals surface area contributed by atoms with Crippen LogP contribution in [-0.4, -0.2) is 19.5 Å². The molecule has 4 aromatic heterocycles. The Hall–Kier alpha value is -7.05. The number of hydrogen-bond acceptors (Lipinski definition) is 5.